The van der Waals surface area contributed by atoms with Crippen molar-refractivity contribution < 1.29 is 13.5 Å². The van der Waals surface area contributed by atoms with E-state index in [1.54, 1.807) is 23.1 Å². The molecule has 12 heteroatoms. The number of fused-ring (bicyclic) bond motifs is 1. The normalized spacial score (nSPS) is 20.7. The number of hydrogen-bond acceptors (Lipinski definition) is 9. The molecule has 2 N–H and O–H groups in total. The van der Waals surface area contributed by atoms with Gasteiger partial charge in [0, 0.05) is 30.9 Å². The summed E-state index contributed by atoms with van der Waals surface area (Å²) in [5.41, 5.74) is 2.05. The number of aromatic nitrogens is 6. The molecule has 0 aromatic carbocycles. The summed E-state index contributed by atoms with van der Waals surface area (Å²) >= 11 is -2.06. The molecule has 1 aliphatic heterocycles. The van der Waals surface area contributed by atoms with E-state index in [0.29, 0.717) is 48.8 Å². The van der Waals surface area contributed by atoms with Gasteiger partial charge in [-0.05, 0) is 35.8 Å². The molecule has 0 bridgehead atoms. The van der Waals surface area contributed by atoms with Crippen LogP contribution >= 0.6 is 0 Å². The van der Waals surface area contributed by atoms with E-state index < -0.39 is 11.1 Å². The standard InChI is InChI=1S/C20H30N8O3S/c1-13(2)5-7-31-19-18(15-8-22-23-9-15)21-10-17-25-20(26-28(17)19)24-16-4-6-27(11-14(16)3)12-32(29)30/h8-10,13-14,16H,4-7,11-12H2,1-3H3,(H,22,23)(H,24,26)(H,29,30)/p-1/t14-,16+/m1/s1. The van der Waals surface area contributed by atoms with Gasteiger partial charge in [-0.1, -0.05) is 20.8 Å². The van der Waals surface area contributed by atoms with Gasteiger partial charge >= 0.3 is 0 Å². The average molecular weight is 462 g/mol. The first kappa shape index (κ1) is 22.6. The maximum atomic E-state index is 11.0. The molecule has 174 valence electrons. The first-order chi connectivity index (χ1) is 15.4. The summed E-state index contributed by atoms with van der Waals surface area (Å²) in [6.07, 6.45) is 6.86. The Kier molecular flexibility index (Phi) is 7.01. The number of piperidine rings is 1. The fourth-order valence-corrected chi connectivity index (χ4v) is 4.41. The van der Waals surface area contributed by atoms with Crippen LogP contribution in [-0.4, -0.2) is 75.1 Å². The topological polar surface area (TPSA) is 136 Å². The smallest absolute Gasteiger partial charge is 0.244 e. The monoisotopic (exact) mass is 461 g/mol. The van der Waals surface area contributed by atoms with Gasteiger partial charge in [-0.3, -0.25) is 14.2 Å². The molecule has 1 fully saturated rings. The van der Waals surface area contributed by atoms with Gasteiger partial charge in [0.2, 0.25) is 11.8 Å². The van der Waals surface area contributed by atoms with E-state index in [9.17, 15) is 8.76 Å². The lowest BCUT2D eigenvalue weighted by Gasteiger charge is -2.37. The summed E-state index contributed by atoms with van der Waals surface area (Å²) in [4.78, 5) is 11.1. The van der Waals surface area contributed by atoms with Crippen molar-refractivity contribution in [2.45, 2.75) is 39.7 Å². The largest absolute Gasteiger partial charge is 0.771 e. The fraction of sp³-hybridized carbons (Fsp3) is 0.600. The molecule has 3 aromatic rings. The summed E-state index contributed by atoms with van der Waals surface area (Å²) in [5.74, 6) is 1.87. The third-order valence-electron chi connectivity index (χ3n) is 5.63. The molecule has 0 spiro atoms. The van der Waals surface area contributed by atoms with Gasteiger partial charge < -0.3 is 14.6 Å². The van der Waals surface area contributed by atoms with Crippen molar-refractivity contribution in [2.75, 3.05) is 30.9 Å². The number of ether oxygens (including phenoxy) is 1. The molecule has 0 saturated carbocycles. The Morgan fingerprint density at radius 1 is 1.41 bits per heavy atom. The van der Waals surface area contributed by atoms with Crippen LogP contribution in [0.4, 0.5) is 5.95 Å². The SMILES string of the molecule is CC(C)CCOc1c(-c2cn[nH]c2)ncc2nc(N[C@H]3CCN(CS(=O)[O-])C[C@H]3C)nn12. The van der Waals surface area contributed by atoms with Gasteiger partial charge in [-0.15, -0.1) is 5.10 Å². The number of nitrogens with one attached hydrogen (secondary N) is 2. The molecule has 1 saturated heterocycles. The molecule has 0 aliphatic carbocycles. The highest BCUT2D eigenvalue weighted by Crippen LogP contribution is 2.29. The van der Waals surface area contributed by atoms with Crippen LogP contribution in [0.25, 0.3) is 16.9 Å². The third-order valence-corrected chi connectivity index (χ3v) is 6.21. The van der Waals surface area contributed by atoms with Crippen molar-refractivity contribution in [1.82, 2.24) is 34.7 Å². The second-order valence-electron chi connectivity index (χ2n) is 8.66. The Bertz CT molecular complexity index is 1050. The lowest BCUT2D eigenvalue weighted by molar-refractivity contribution is 0.194. The van der Waals surface area contributed by atoms with Crippen molar-refractivity contribution in [3.63, 3.8) is 0 Å². The van der Waals surface area contributed by atoms with Crippen LogP contribution in [0.3, 0.4) is 0 Å². The van der Waals surface area contributed by atoms with Gasteiger partial charge in [-0.25, -0.2) is 4.98 Å². The Morgan fingerprint density at radius 2 is 2.25 bits per heavy atom. The average Bonchev–Trinajstić information content (AvgIpc) is 3.39. The Morgan fingerprint density at radius 3 is 2.94 bits per heavy atom. The first-order valence-electron chi connectivity index (χ1n) is 10.8. The highest BCUT2D eigenvalue weighted by molar-refractivity contribution is 7.79. The summed E-state index contributed by atoms with van der Waals surface area (Å²) in [6.45, 7) is 8.36. The second kappa shape index (κ2) is 9.92. The predicted octanol–water partition coefficient (Wildman–Crippen LogP) is 1.90. The summed E-state index contributed by atoms with van der Waals surface area (Å²) in [6, 6.07) is 0.148. The summed E-state index contributed by atoms with van der Waals surface area (Å²) in [7, 11) is 0. The molecule has 0 radical (unpaired) electrons. The Hall–Kier alpha value is -2.57. The third kappa shape index (κ3) is 5.25. The van der Waals surface area contributed by atoms with E-state index in [1.165, 1.54) is 0 Å². The van der Waals surface area contributed by atoms with E-state index in [0.717, 1.165) is 18.4 Å². The number of nitrogens with zero attached hydrogens (tertiary/aromatic N) is 6. The number of H-pyrrole nitrogens is 1. The van der Waals surface area contributed by atoms with Gasteiger partial charge in [-0.2, -0.15) is 14.6 Å². The van der Waals surface area contributed by atoms with Crippen LogP contribution in [0.5, 0.6) is 5.88 Å². The molecule has 11 nitrogen and oxygen atoms in total. The zero-order valence-electron chi connectivity index (χ0n) is 18.5. The molecule has 4 heterocycles. The lowest BCUT2D eigenvalue weighted by Crippen LogP contribution is -2.46. The first-order valence-corrected chi connectivity index (χ1v) is 12.1. The minimum atomic E-state index is -2.06. The van der Waals surface area contributed by atoms with E-state index in [2.05, 4.69) is 51.4 Å². The quantitative estimate of drug-likeness (QED) is 0.458. The second-order valence-corrected chi connectivity index (χ2v) is 9.53. The predicted molar refractivity (Wildman–Crippen MR) is 120 cm³/mol. The van der Waals surface area contributed by atoms with Crippen molar-refractivity contribution in [2.24, 2.45) is 11.8 Å². The van der Waals surface area contributed by atoms with Gasteiger partial charge in [0.25, 0.3) is 0 Å². The molecule has 32 heavy (non-hydrogen) atoms. The number of likely N-dealkylation sites (tertiary alicyclic amines) is 1. The number of aromatic amines is 1. The van der Waals surface area contributed by atoms with Crippen molar-refractivity contribution >= 4 is 22.7 Å². The van der Waals surface area contributed by atoms with Crippen LogP contribution in [-0.2, 0) is 11.1 Å². The fourth-order valence-electron chi connectivity index (χ4n) is 3.87. The molecular formula is C20H29N8O3S-. The molecule has 0 amide bonds. The van der Waals surface area contributed by atoms with E-state index in [1.807, 2.05) is 4.90 Å². The summed E-state index contributed by atoms with van der Waals surface area (Å²) < 4.78 is 29.8. The zero-order chi connectivity index (χ0) is 22.7. The zero-order valence-corrected chi connectivity index (χ0v) is 19.3. The van der Waals surface area contributed by atoms with Gasteiger partial charge in [0.15, 0.2) is 5.65 Å². The highest BCUT2D eigenvalue weighted by atomic mass is 32.2. The van der Waals surface area contributed by atoms with Crippen LogP contribution in [0, 0.1) is 11.8 Å². The van der Waals surface area contributed by atoms with Crippen LogP contribution in [0.15, 0.2) is 18.6 Å². The highest BCUT2D eigenvalue weighted by Gasteiger charge is 2.27. The van der Waals surface area contributed by atoms with Gasteiger partial charge in [0.1, 0.15) is 5.69 Å². The van der Waals surface area contributed by atoms with E-state index in [-0.39, 0.29) is 17.8 Å². The lowest BCUT2D eigenvalue weighted by atomic mass is 9.94. The maximum Gasteiger partial charge on any atom is 0.244 e. The van der Waals surface area contributed by atoms with Crippen molar-refractivity contribution in [3.05, 3.63) is 18.6 Å². The number of anilines is 1. The summed E-state index contributed by atoms with van der Waals surface area (Å²) in [5, 5.41) is 14.9. The van der Waals surface area contributed by atoms with Crippen LogP contribution in [0.1, 0.15) is 33.6 Å². The van der Waals surface area contributed by atoms with Crippen molar-refractivity contribution in [1.29, 1.82) is 0 Å². The Balaban J connectivity index is 1.56. The molecule has 1 aliphatic rings. The molecule has 3 aromatic heterocycles. The number of rotatable bonds is 9. The molecular weight excluding hydrogens is 432 g/mol. The maximum absolute atomic E-state index is 11.0. The molecule has 1 unspecified atom stereocenters. The van der Waals surface area contributed by atoms with E-state index >= 15 is 0 Å². The van der Waals surface area contributed by atoms with Crippen molar-refractivity contribution in [3.8, 4) is 17.1 Å². The molecule has 3 atom stereocenters. The minimum Gasteiger partial charge on any atom is -0.771 e. The van der Waals surface area contributed by atoms with Crippen LogP contribution in [0.2, 0.25) is 0 Å². The molecule has 4 rings (SSSR count). The van der Waals surface area contributed by atoms with E-state index in [4.69, 9.17) is 4.74 Å². The Labute approximate surface area is 189 Å². The minimum absolute atomic E-state index is 0.0726. The van der Waals surface area contributed by atoms with Gasteiger partial charge in [0.05, 0.1) is 24.9 Å². The number of hydrogen-bond donors (Lipinski definition) is 2. The van der Waals surface area contributed by atoms with Crippen LogP contribution < -0.4 is 10.1 Å².